The number of nitrogens with one attached hydrogen (secondary N) is 1. The van der Waals surface area contributed by atoms with Crippen LogP contribution in [0.15, 0.2) is 30.3 Å². The van der Waals surface area contributed by atoms with Crippen LogP contribution in [0.5, 0.6) is 5.75 Å². The van der Waals surface area contributed by atoms with Crippen molar-refractivity contribution in [2.24, 2.45) is 0 Å². The van der Waals surface area contributed by atoms with Crippen LogP contribution in [0.25, 0.3) is 0 Å². The summed E-state index contributed by atoms with van der Waals surface area (Å²) in [6.45, 7) is 3.54. The molecule has 94 valence electrons. The molecule has 4 nitrogen and oxygen atoms in total. The number of hydrogen-bond donors (Lipinski definition) is 2. The molecule has 1 rings (SSSR count). The normalized spacial score (nSPS) is 13.8. The fourth-order valence-corrected chi connectivity index (χ4v) is 1.35. The van der Waals surface area contributed by atoms with Gasteiger partial charge in [-0.1, -0.05) is 25.1 Å². The minimum Gasteiger partial charge on any atom is -0.481 e. The lowest BCUT2D eigenvalue weighted by atomic mass is 10.2. The number of para-hydroxylation sites is 1. The number of aliphatic hydroxyl groups is 1. The Hall–Kier alpha value is -1.55. The molecule has 17 heavy (non-hydrogen) atoms. The van der Waals surface area contributed by atoms with Gasteiger partial charge in [0.05, 0.1) is 12.6 Å². The van der Waals surface area contributed by atoms with Gasteiger partial charge in [-0.3, -0.25) is 4.79 Å². The standard InChI is InChI=1S/C13H19NO3/c1-3-11(9-15)14-13(16)10(2)17-12-7-5-4-6-8-12/h4-8,10-11,15H,3,9H2,1-2H3,(H,14,16)/t10?,11-/m0/s1. The summed E-state index contributed by atoms with van der Waals surface area (Å²) in [6.07, 6.45) is 0.123. The third-order valence-electron chi connectivity index (χ3n) is 2.48. The van der Waals surface area contributed by atoms with Gasteiger partial charge in [-0.15, -0.1) is 0 Å². The van der Waals surface area contributed by atoms with Gasteiger partial charge in [-0.25, -0.2) is 0 Å². The molecule has 0 spiro atoms. The summed E-state index contributed by atoms with van der Waals surface area (Å²) in [5.74, 6) is 0.446. The van der Waals surface area contributed by atoms with Gasteiger partial charge in [0, 0.05) is 0 Å². The van der Waals surface area contributed by atoms with Crippen molar-refractivity contribution in [2.75, 3.05) is 6.61 Å². The molecular formula is C13H19NO3. The molecule has 0 heterocycles. The maximum absolute atomic E-state index is 11.7. The Morgan fingerprint density at radius 1 is 1.41 bits per heavy atom. The number of rotatable bonds is 6. The second-order valence-corrected chi connectivity index (χ2v) is 3.87. The van der Waals surface area contributed by atoms with E-state index in [2.05, 4.69) is 5.32 Å². The SMILES string of the molecule is CC[C@@H](CO)NC(=O)C(C)Oc1ccccc1. The van der Waals surface area contributed by atoms with E-state index in [0.717, 1.165) is 0 Å². The predicted octanol–water partition coefficient (Wildman–Crippen LogP) is 1.34. The molecule has 0 saturated carbocycles. The van der Waals surface area contributed by atoms with Crippen LogP contribution in [-0.4, -0.2) is 29.8 Å². The minimum absolute atomic E-state index is 0.0553. The van der Waals surface area contributed by atoms with Gasteiger partial charge in [-0.05, 0) is 25.5 Å². The Morgan fingerprint density at radius 3 is 2.59 bits per heavy atom. The monoisotopic (exact) mass is 237 g/mol. The molecule has 1 amide bonds. The molecule has 0 fully saturated rings. The van der Waals surface area contributed by atoms with E-state index in [-0.39, 0.29) is 18.6 Å². The molecule has 0 aliphatic rings. The summed E-state index contributed by atoms with van der Waals surface area (Å²) in [7, 11) is 0. The maximum Gasteiger partial charge on any atom is 0.261 e. The van der Waals surface area contributed by atoms with Crippen molar-refractivity contribution in [2.45, 2.75) is 32.4 Å². The number of benzene rings is 1. The van der Waals surface area contributed by atoms with Crippen LogP contribution in [0.3, 0.4) is 0 Å². The molecule has 2 N–H and O–H groups in total. The number of hydrogen-bond acceptors (Lipinski definition) is 3. The van der Waals surface area contributed by atoms with Crippen molar-refractivity contribution >= 4 is 5.91 Å². The lowest BCUT2D eigenvalue weighted by Crippen LogP contribution is -2.43. The third-order valence-corrected chi connectivity index (χ3v) is 2.48. The van der Waals surface area contributed by atoms with E-state index < -0.39 is 6.10 Å². The van der Waals surface area contributed by atoms with Crippen LogP contribution < -0.4 is 10.1 Å². The van der Waals surface area contributed by atoms with E-state index in [1.54, 1.807) is 19.1 Å². The van der Waals surface area contributed by atoms with Gasteiger partial charge in [0.2, 0.25) is 0 Å². The summed E-state index contributed by atoms with van der Waals surface area (Å²) in [5.41, 5.74) is 0. The van der Waals surface area contributed by atoms with E-state index >= 15 is 0 Å². The fourth-order valence-electron chi connectivity index (χ4n) is 1.35. The van der Waals surface area contributed by atoms with Gasteiger partial charge < -0.3 is 15.2 Å². The van der Waals surface area contributed by atoms with Gasteiger partial charge in [0.15, 0.2) is 6.10 Å². The average molecular weight is 237 g/mol. The van der Waals surface area contributed by atoms with Crippen molar-refractivity contribution in [1.82, 2.24) is 5.32 Å². The van der Waals surface area contributed by atoms with Crippen LogP contribution in [0.1, 0.15) is 20.3 Å². The molecular weight excluding hydrogens is 218 g/mol. The Bertz CT molecular complexity index is 336. The van der Waals surface area contributed by atoms with Crippen molar-refractivity contribution < 1.29 is 14.6 Å². The van der Waals surface area contributed by atoms with Crippen LogP contribution >= 0.6 is 0 Å². The first-order chi connectivity index (χ1) is 8.17. The first kappa shape index (κ1) is 13.5. The first-order valence-electron chi connectivity index (χ1n) is 5.80. The second-order valence-electron chi connectivity index (χ2n) is 3.87. The minimum atomic E-state index is -0.571. The van der Waals surface area contributed by atoms with E-state index in [1.807, 2.05) is 25.1 Å². The predicted molar refractivity (Wildman–Crippen MR) is 65.8 cm³/mol. The van der Waals surface area contributed by atoms with Crippen LogP contribution in [0, 0.1) is 0 Å². The van der Waals surface area contributed by atoms with Crippen molar-refractivity contribution in [3.8, 4) is 5.75 Å². The second kappa shape index (κ2) is 6.91. The molecule has 4 heteroatoms. The molecule has 0 aliphatic heterocycles. The zero-order valence-electron chi connectivity index (χ0n) is 10.2. The van der Waals surface area contributed by atoms with Gasteiger partial charge in [0.1, 0.15) is 5.75 Å². The zero-order valence-corrected chi connectivity index (χ0v) is 10.2. The smallest absolute Gasteiger partial charge is 0.261 e. The number of carbonyl (C=O) groups excluding carboxylic acids is 1. The van der Waals surface area contributed by atoms with Crippen molar-refractivity contribution in [3.05, 3.63) is 30.3 Å². The number of carbonyl (C=O) groups is 1. The number of amides is 1. The molecule has 1 unspecified atom stereocenters. The van der Waals surface area contributed by atoms with E-state index in [4.69, 9.17) is 9.84 Å². The molecule has 0 radical (unpaired) electrons. The lowest BCUT2D eigenvalue weighted by Gasteiger charge is -2.18. The molecule has 0 aliphatic carbocycles. The Labute approximate surface area is 102 Å². The van der Waals surface area contributed by atoms with Gasteiger partial charge in [0.25, 0.3) is 5.91 Å². The summed E-state index contributed by atoms with van der Waals surface area (Å²) in [5, 5.41) is 11.7. The topological polar surface area (TPSA) is 58.6 Å². The molecule has 0 aromatic heterocycles. The summed E-state index contributed by atoms with van der Waals surface area (Å²) >= 11 is 0. The van der Waals surface area contributed by atoms with E-state index in [0.29, 0.717) is 12.2 Å². The quantitative estimate of drug-likeness (QED) is 0.785. The highest BCUT2D eigenvalue weighted by Gasteiger charge is 2.17. The molecule has 2 atom stereocenters. The maximum atomic E-state index is 11.7. The summed E-state index contributed by atoms with van der Waals surface area (Å²) < 4.78 is 5.47. The number of aliphatic hydroxyl groups excluding tert-OH is 1. The van der Waals surface area contributed by atoms with E-state index in [9.17, 15) is 4.79 Å². The van der Waals surface area contributed by atoms with Gasteiger partial charge >= 0.3 is 0 Å². The highest BCUT2D eigenvalue weighted by Crippen LogP contribution is 2.10. The van der Waals surface area contributed by atoms with Crippen molar-refractivity contribution in [1.29, 1.82) is 0 Å². The largest absolute Gasteiger partial charge is 0.481 e. The number of ether oxygens (including phenoxy) is 1. The Kier molecular flexibility index (Phi) is 5.49. The zero-order chi connectivity index (χ0) is 12.7. The molecule has 0 saturated heterocycles. The molecule has 1 aromatic rings. The first-order valence-corrected chi connectivity index (χ1v) is 5.80. The summed E-state index contributed by atoms with van der Waals surface area (Å²) in [4.78, 5) is 11.7. The Morgan fingerprint density at radius 2 is 2.06 bits per heavy atom. The summed E-state index contributed by atoms with van der Waals surface area (Å²) in [6, 6.07) is 8.98. The van der Waals surface area contributed by atoms with Gasteiger partial charge in [-0.2, -0.15) is 0 Å². The third kappa shape index (κ3) is 4.44. The highest BCUT2D eigenvalue weighted by atomic mass is 16.5. The van der Waals surface area contributed by atoms with E-state index in [1.165, 1.54) is 0 Å². The highest BCUT2D eigenvalue weighted by molar-refractivity contribution is 5.81. The van der Waals surface area contributed by atoms with Crippen LogP contribution in [0.4, 0.5) is 0 Å². The van der Waals surface area contributed by atoms with Crippen molar-refractivity contribution in [3.63, 3.8) is 0 Å². The average Bonchev–Trinajstić information content (AvgIpc) is 2.36. The lowest BCUT2D eigenvalue weighted by molar-refractivity contribution is -0.128. The molecule has 1 aromatic carbocycles. The van der Waals surface area contributed by atoms with Crippen LogP contribution in [0.2, 0.25) is 0 Å². The molecule has 0 bridgehead atoms. The fraction of sp³-hybridized carbons (Fsp3) is 0.462. The Balaban J connectivity index is 2.47. The van der Waals surface area contributed by atoms with Crippen LogP contribution in [-0.2, 0) is 4.79 Å².